The Balaban J connectivity index is 1.59. The number of rotatable bonds is 5. The van der Waals surface area contributed by atoms with E-state index in [4.69, 9.17) is 16.3 Å². The van der Waals surface area contributed by atoms with Crippen LogP contribution < -0.4 is 4.74 Å². The van der Waals surface area contributed by atoms with Crippen LogP contribution in [0.5, 0.6) is 5.75 Å². The number of nitrogens with zero attached hydrogens (tertiary/aromatic N) is 2. The SMILES string of the molecule is Cc1cccc(C)c1OCC(=O)N1CCN(S(=O)(=O)c2ccc(F)c(Cl)c2)CC1. The molecule has 1 fully saturated rings. The number of carbonyl (C=O) groups excluding carboxylic acids is 1. The highest BCUT2D eigenvalue weighted by atomic mass is 35.5. The molecule has 6 nitrogen and oxygen atoms in total. The smallest absolute Gasteiger partial charge is 0.260 e. The van der Waals surface area contributed by atoms with Gasteiger partial charge in [-0.05, 0) is 43.2 Å². The van der Waals surface area contributed by atoms with Crippen LogP contribution in [0.1, 0.15) is 11.1 Å². The lowest BCUT2D eigenvalue weighted by Gasteiger charge is -2.34. The van der Waals surface area contributed by atoms with Crippen LogP contribution in [0, 0.1) is 19.7 Å². The molecular formula is C20H22ClFN2O4S. The Labute approximate surface area is 174 Å². The van der Waals surface area contributed by atoms with Gasteiger partial charge in [0.25, 0.3) is 5.91 Å². The van der Waals surface area contributed by atoms with E-state index in [1.165, 1.54) is 10.4 Å². The van der Waals surface area contributed by atoms with Crippen molar-refractivity contribution in [2.24, 2.45) is 0 Å². The lowest BCUT2D eigenvalue weighted by atomic mass is 10.1. The van der Waals surface area contributed by atoms with E-state index in [0.717, 1.165) is 23.3 Å². The van der Waals surface area contributed by atoms with Crippen molar-refractivity contribution in [2.75, 3.05) is 32.8 Å². The minimum atomic E-state index is -3.80. The first-order chi connectivity index (χ1) is 13.7. The highest BCUT2D eigenvalue weighted by Crippen LogP contribution is 2.24. The number of piperazine rings is 1. The van der Waals surface area contributed by atoms with E-state index in [1.807, 2.05) is 32.0 Å². The Kier molecular flexibility index (Phi) is 6.45. The van der Waals surface area contributed by atoms with Crippen LogP contribution in [-0.2, 0) is 14.8 Å². The van der Waals surface area contributed by atoms with Crippen molar-refractivity contribution in [3.05, 3.63) is 58.4 Å². The molecule has 29 heavy (non-hydrogen) atoms. The molecule has 0 saturated carbocycles. The standard InChI is InChI=1S/C20H22ClFN2O4S/c1-14-4-3-5-15(2)20(14)28-13-19(25)23-8-10-24(11-9-23)29(26,27)16-6-7-18(22)17(21)12-16/h3-7,12H,8-11,13H2,1-2H3. The minimum absolute atomic E-state index is 0.0676. The summed E-state index contributed by atoms with van der Waals surface area (Å²) in [5.41, 5.74) is 1.90. The average Bonchev–Trinajstić information content (AvgIpc) is 2.69. The molecule has 2 aromatic carbocycles. The molecule has 0 spiro atoms. The van der Waals surface area contributed by atoms with Gasteiger partial charge in [0.1, 0.15) is 11.6 Å². The molecule has 156 valence electrons. The number of hydrogen-bond donors (Lipinski definition) is 0. The fourth-order valence-corrected chi connectivity index (χ4v) is 4.91. The topological polar surface area (TPSA) is 66.9 Å². The quantitative estimate of drug-likeness (QED) is 0.716. The fourth-order valence-electron chi connectivity index (χ4n) is 3.22. The molecule has 1 aliphatic heterocycles. The van der Waals surface area contributed by atoms with Crippen LogP contribution in [0.4, 0.5) is 4.39 Å². The highest BCUT2D eigenvalue weighted by Gasteiger charge is 2.30. The second-order valence-electron chi connectivity index (χ2n) is 6.87. The maximum atomic E-state index is 13.3. The fraction of sp³-hybridized carbons (Fsp3) is 0.350. The summed E-state index contributed by atoms with van der Waals surface area (Å²) in [6.07, 6.45) is 0. The molecule has 9 heteroatoms. The minimum Gasteiger partial charge on any atom is -0.483 e. The molecule has 0 atom stereocenters. The van der Waals surface area contributed by atoms with Gasteiger partial charge in [-0.15, -0.1) is 0 Å². The number of sulfonamides is 1. The van der Waals surface area contributed by atoms with Crippen molar-refractivity contribution in [3.63, 3.8) is 0 Å². The molecule has 1 heterocycles. The Morgan fingerprint density at radius 3 is 2.31 bits per heavy atom. The molecule has 0 radical (unpaired) electrons. The summed E-state index contributed by atoms with van der Waals surface area (Å²) in [7, 11) is -3.80. The van der Waals surface area contributed by atoms with E-state index in [-0.39, 0.29) is 48.6 Å². The molecular weight excluding hydrogens is 419 g/mol. The number of ether oxygens (including phenoxy) is 1. The van der Waals surface area contributed by atoms with Crippen molar-refractivity contribution in [1.82, 2.24) is 9.21 Å². The normalized spacial score (nSPS) is 15.4. The summed E-state index contributed by atoms with van der Waals surface area (Å²) >= 11 is 5.71. The number of para-hydroxylation sites is 1. The molecule has 0 unspecified atom stereocenters. The van der Waals surface area contributed by atoms with Gasteiger partial charge in [-0.1, -0.05) is 29.8 Å². The molecule has 1 aliphatic rings. The molecule has 1 saturated heterocycles. The zero-order valence-electron chi connectivity index (χ0n) is 16.2. The van der Waals surface area contributed by atoms with Crippen molar-refractivity contribution in [2.45, 2.75) is 18.7 Å². The van der Waals surface area contributed by atoms with E-state index < -0.39 is 15.8 Å². The van der Waals surface area contributed by atoms with E-state index in [0.29, 0.717) is 5.75 Å². The van der Waals surface area contributed by atoms with Gasteiger partial charge in [0.05, 0.1) is 9.92 Å². The maximum Gasteiger partial charge on any atom is 0.260 e. The third kappa shape index (κ3) is 4.71. The molecule has 0 aliphatic carbocycles. The molecule has 2 aromatic rings. The second-order valence-corrected chi connectivity index (χ2v) is 9.22. The van der Waals surface area contributed by atoms with E-state index >= 15 is 0 Å². The van der Waals surface area contributed by atoms with Crippen LogP contribution in [-0.4, -0.2) is 56.3 Å². The average molecular weight is 441 g/mol. The Hall–Kier alpha value is -2.16. The predicted octanol–water partition coefficient (Wildman–Crippen LogP) is 3.01. The van der Waals surface area contributed by atoms with Crippen molar-refractivity contribution < 1.29 is 22.3 Å². The molecule has 0 N–H and O–H groups in total. The number of amides is 1. The number of hydrogen-bond acceptors (Lipinski definition) is 4. The van der Waals surface area contributed by atoms with Crippen molar-refractivity contribution >= 4 is 27.5 Å². The summed E-state index contributed by atoms with van der Waals surface area (Å²) in [6.45, 7) is 4.52. The first-order valence-electron chi connectivity index (χ1n) is 9.12. The zero-order chi connectivity index (χ0) is 21.2. The van der Waals surface area contributed by atoms with Crippen LogP contribution >= 0.6 is 11.6 Å². The maximum absolute atomic E-state index is 13.3. The third-order valence-electron chi connectivity index (χ3n) is 4.87. The van der Waals surface area contributed by atoms with Crippen molar-refractivity contribution in [1.29, 1.82) is 0 Å². The first kappa shape index (κ1) is 21.5. The van der Waals surface area contributed by atoms with Gasteiger partial charge < -0.3 is 9.64 Å². The van der Waals surface area contributed by atoms with Crippen LogP contribution in [0.15, 0.2) is 41.3 Å². The lowest BCUT2D eigenvalue weighted by Crippen LogP contribution is -2.51. The van der Waals surface area contributed by atoms with Crippen LogP contribution in [0.3, 0.4) is 0 Å². The third-order valence-corrected chi connectivity index (χ3v) is 7.05. The predicted molar refractivity (Wildman–Crippen MR) is 108 cm³/mol. The summed E-state index contributed by atoms with van der Waals surface area (Å²) in [5.74, 6) is -0.185. The van der Waals surface area contributed by atoms with Gasteiger partial charge in [0.2, 0.25) is 10.0 Å². The summed E-state index contributed by atoms with van der Waals surface area (Å²) in [6, 6.07) is 9.07. The molecule has 0 aromatic heterocycles. The van der Waals surface area contributed by atoms with Crippen LogP contribution in [0.25, 0.3) is 0 Å². The van der Waals surface area contributed by atoms with Crippen LogP contribution in [0.2, 0.25) is 5.02 Å². The number of benzene rings is 2. The van der Waals surface area contributed by atoms with Gasteiger partial charge in [0.15, 0.2) is 6.61 Å². The molecule has 1 amide bonds. The first-order valence-corrected chi connectivity index (χ1v) is 10.9. The highest BCUT2D eigenvalue weighted by molar-refractivity contribution is 7.89. The number of aryl methyl sites for hydroxylation is 2. The summed E-state index contributed by atoms with van der Waals surface area (Å²) in [4.78, 5) is 14.0. The van der Waals surface area contributed by atoms with E-state index in [9.17, 15) is 17.6 Å². The molecule has 0 bridgehead atoms. The van der Waals surface area contributed by atoms with Crippen molar-refractivity contribution in [3.8, 4) is 5.75 Å². The van der Waals surface area contributed by atoms with Gasteiger partial charge in [0, 0.05) is 26.2 Å². The van der Waals surface area contributed by atoms with Gasteiger partial charge >= 0.3 is 0 Å². The van der Waals surface area contributed by atoms with Gasteiger partial charge in [-0.3, -0.25) is 4.79 Å². The number of carbonyl (C=O) groups is 1. The lowest BCUT2D eigenvalue weighted by molar-refractivity contribution is -0.134. The van der Waals surface area contributed by atoms with E-state index in [2.05, 4.69) is 0 Å². The largest absolute Gasteiger partial charge is 0.483 e. The Morgan fingerprint density at radius 2 is 1.72 bits per heavy atom. The number of halogens is 2. The van der Waals surface area contributed by atoms with Gasteiger partial charge in [-0.25, -0.2) is 12.8 Å². The molecule has 3 rings (SSSR count). The van der Waals surface area contributed by atoms with E-state index in [1.54, 1.807) is 4.90 Å². The second kappa shape index (κ2) is 8.69. The summed E-state index contributed by atoms with van der Waals surface area (Å²) in [5, 5.41) is -0.247. The van der Waals surface area contributed by atoms with Gasteiger partial charge in [-0.2, -0.15) is 4.31 Å². The zero-order valence-corrected chi connectivity index (χ0v) is 17.8. The monoisotopic (exact) mass is 440 g/mol. The Bertz CT molecular complexity index is 1000. The summed E-state index contributed by atoms with van der Waals surface area (Å²) < 4.78 is 45.7. The Morgan fingerprint density at radius 1 is 1.10 bits per heavy atom.